The molecule has 2 aliphatic rings. The molecule has 0 aromatic carbocycles. The first-order chi connectivity index (χ1) is 9.75. The Hall–Kier alpha value is 0.210. The minimum absolute atomic E-state index is 0.0950. The van der Waals surface area contributed by atoms with Crippen LogP contribution in [0.1, 0.15) is 19.8 Å². The van der Waals surface area contributed by atoms with E-state index in [0.29, 0.717) is 13.0 Å². The van der Waals surface area contributed by atoms with Gasteiger partial charge in [-0.3, -0.25) is 4.79 Å². The smallest absolute Gasteiger partial charge is 0.212 e. The highest BCUT2D eigenvalue weighted by Crippen LogP contribution is 2.70. The number of ketones is 1. The number of Topliss-reactive ketones (excluding diaryl/α,β-unsaturated/α-hetero) is 1. The minimum Gasteiger partial charge on any atom is -0.380 e. The number of ether oxygens (including phenoxy) is 3. The number of alkyl halides is 2. The largest absolute Gasteiger partial charge is 0.380 e. The molecule has 2 saturated carbocycles. The molecule has 2 aliphatic carbocycles. The lowest BCUT2D eigenvalue weighted by atomic mass is 9.79. The van der Waals surface area contributed by atoms with Gasteiger partial charge in [0, 0.05) is 27.2 Å². The summed E-state index contributed by atoms with van der Waals surface area (Å²) in [5.41, 5.74) is -1.68. The van der Waals surface area contributed by atoms with Crippen molar-refractivity contribution in [3.05, 3.63) is 12.7 Å². The SMILES string of the molecule is C=CC[C@]1(O)C(=O)[C@]2(Br)[C@H](OCC)C[C@@]1(Br)C2(OC)OC. The molecule has 2 bridgehead atoms. The molecule has 21 heavy (non-hydrogen) atoms. The lowest BCUT2D eigenvalue weighted by molar-refractivity contribution is -0.227. The van der Waals surface area contributed by atoms with Crippen LogP contribution in [0.3, 0.4) is 0 Å². The van der Waals surface area contributed by atoms with Crippen molar-refractivity contribution < 1.29 is 24.1 Å². The maximum absolute atomic E-state index is 13.0. The third-order valence-corrected chi connectivity index (χ3v) is 7.55. The maximum Gasteiger partial charge on any atom is 0.212 e. The van der Waals surface area contributed by atoms with E-state index >= 15 is 0 Å². The van der Waals surface area contributed by atoms with Gasteiger partial charge in [-0.15, -0.1) is 6.58 Å². The van der Waals surface area contributed by atoms with Crippen LogP contribution in [0.4, 0.5) is 0 Å². The molecule has 0 aromatic heterocycles. The molecule has 1 N–H and O–H groups in total. The number of methoxy groups -OCH3 is 2. The predicted molar refractivity (Wildman–Crippen MR) is 84.9 cm³/mol. The zero-order valence-electron chi connectivity index (χ0n) is 12.3. The molecule has 0 saturated heterocycles. The summed E-state index contributed by atoms with van der Waals surface area (Å²) in [5.74, 6) is -1.80. The second-order valence-corrected chi connectivity index (χ2v) is 7.97. The van der Waals surface area contributed by atoms with E-state index in [9.17, 15) is 9.90 Å². The summed E-state index contributed by atoms with van der Waals surface area (Å²) in [5, 5.41) is 11.0. The van der Waals surface area contributed by atoms with Gasteiger partial charge in [0.25, 0.3) is 0 Å². The number of fused-ring (bicyclic) bond motifs is 2. The molecule has 5 nitrogen and oxygen atoms in total. The Morgan fingerprint density at radius 3 is 2.43 bits per heavy atom. The zero-order chi connectivity index (χ0) is 16.1. The first kappa shape index (κ1) is 17.6. The number of aliphatic hydroxyl groups is 1. The molecule has 7 heteroatoms. The maximum atomic E-state index is 13.0. The van der Waals surface area contributed by atoms with Crippen LogP contribution in [-0.2, 0) is 19.0 Å². The molecule has 0 amide bonds. The van der Waals surface area contributed by atoms with Gasteiger partial charge < -0.3 is 19.3 Å². The third kappa shape index (κ3) is 1.68. The summed E-state index contributed by atoms with van der Waals surface area (Å²) in [6.45, 7) is 5.93. The number of halogens is 2. The van der Waals surface area contributed by atoms with E-state index in [1.807, 2.05) is 6.92 Å². The van der Waals surface area contributed by atoms with E-state index in [2.05, 4.69) is 38.4 Å². The van der Waals surface area contributed by atoms with Crippen LogP contribution in [0.5, 0.6) is 0 Å². The van der Waals surface area contributed by atoms with Crippen LogP contribution in [0.25, 0.3) is 0 Å². The summed E-state index contributed by atoms with van der Waals surface area (Å²) in [7, 11) is 2.91. The van der Waals surface area contributed by atoms with Gasteiger partial charge in [-0.2, -0.15) is 0 Å². The van der Waals surface area contributed by atoms with Crippen molar-refractivity contribution in [3.8, 4) is 0 Å². The van der Waals surface area contributed by atoms with Gasteiger partial charge in [0.1, 0.15) is 9.93 Å². The molecule has 2 fully saturated rings. The Kier molecular flexibility index (Phi) is 4.50. The van der Waals surface area contributed by atoms with E-state index in [4.69, 9.17) is 14.2 Å². The van der Waals surface area contributed by atoms with Crippen LogP contribution in [0.2, 0.25) is 0 Å². The van der Waals surface area contributed by atoms with Crippen molar-refractivity contribution >= 4 is 37.6 Å². The van der Waals surface area contributed by atoms with E-state index in [-0.39, 0.29) is 6.42 Å². The average Bonchev–Trinajstić information content (AvgIpc) is 2.70. The summed E-state index contributed by atoms with van der Waals surface area (Å²) < 4.78 is 14.5. The molecule has 4 atom stereocenters. The fraction of sp³-hybridized carbons (Fsp3) is 0.786. The minimum atomic E-state index is -1.68. The quantitative estimate of drug-likeness (QED) is 0.398. The van der Waals surface area contributed by atoms with E-state index < -0.39 is 31.9 Å². The molecule has 2 rings (SSSR count). The van der Waals surface area contributed by atoms with Gasteiger partial charge in [0.15, 0.2) is 10.1 Å². The van der Waals surface area contributed by atoms with Gasteiger partial charge in [-0.1, -0.05) is 37.9 Å². The van der Waals surface area contributed by atoms with Crippen LogP contribution in [0, 0.1) is 0 Å². The Morgan fingerprint density at radius 2 is 2.00 bits per heavy atom. The van der Waals surface area contributed by atoms with Crippen molar-refractivity contribution in [2.24, 2.45) is 0 Å². The molecule has 0 aliphatic heterocycles. The van der Waals surface area contributed by atoms with Crippen LogP contribution in [-0.4, -0.2) is 57.9 Å². The third-order valence-electron chi connectivity index (χ3n) is 4.66. The molecule has 0 spiro atoms. The van der Waals surface area contributed by atoms with Crippen molar-refractivity contribution in [3.63, 3.8) is 0 Å². The van der Waals surface area contributed by atoms with Gasteiger partial charge in [0.05, 0.1) is 6.10 Å². The van der Waals surface area contributed by atoms with E-state index in [1.54, 1.807) is 0 Å². The summed E-state index contributed by atoms with van der Waals surface area (Å²) in [6.07, 6.45) is 1.50. The van der Waals surface area contributed by atoms with Crippen LogP contribution < -0.4 is 0 Å². The molecule has 0 radical (unpaired) electrons. The van der Waals surface area contributed by atoms with Crippen molar-refractivity contribution in [2.45, 2.75) is 45.9 Å². The standard InChI is InChI=1S/C14H20Br2O5/c1-5-7-11(18)10(17)13(16)9(21-6-2)8-12(11,15)14(13,19-3)20-4/h5,9,18H,1,6-8H2,2-4H3/t9-,11+,12+,13-/m1/s1. The van der Waals surface area contributed by atoms with Gasteiger partial charge in [-0.05, 0) is 13.3 Å². The highest BCUT2D eigenvalue weighted by Gasteiger charge is 2.89. The van der Waals surface area contributed by atoms with Crippen molar-refractivity contribution in [1.82, 2.24) is 0 Å². The van der Waals surface area contributed by atoms with Crippen LogP contribution >= 0.6 is 31.9 Å². The monoisotopic (exact) mass is 426 g/mol. The molecule has 120 valence electrons. The Balaban J connectivity index is 2.68. The lowest BCUT2D eigenvalue weighted by Gasteiger charge is -2.42. The summed E-state index contributed by atoms with van der Waals surface area (Å²) >= 11 is 7.06. The molecule has 0 heterocycles. The van der Waals surface area contributed by atoms with Gasteiger partial charge in [-0.25, -0.2) is 0 Å². The number of carbonyl (C=O) groups is 1. The van der Waals surface area contributed by atoms with Crippen molar-refractivity contribution in [1.29, 1.82) is 0 Å². The first-order valence-corrected chi connectivity index (χ1v) is 8.32. The fourth-order valence-electron chi connectivity index (χ4n) is 3.79. The fourth-order valence-corrected chi connectivity index (χ4v) is 6.61. The Bertz CT molecular complexity index is 466. The highest BCUT2D eigenvalue weighted by atomic mass is 79.9. The molecular weight excluding hydrogens is 408 g/mol. The molecular formula is C14H20Br2O5. The molecule has 0 aromatic rings. The highest BCUT2D eigenvalue weighted by molar-refractivity contribution is 9.11. The predicted octanol–water partition coefficient (Wildman–Crippen LogP) is 1.94. The topological polar surface area (TPSA) is 65.0 Å². The summed E-state index contributed by atoms with van der Waals surface area (Å²) in [6, 6.07) is 0. The van der Waals surface area contributed by atoms with Gasteiger partial charge in [0.2, 0.25) is 5.79 Å². The number of rotatable bonds is 6. The number of carbonyl (C=O) groups excluding carboxylic acids is 1. The first-order valence-electron chi connectivity index (χ1n) is 6.73. The number of hydrogen-bond acceptors (Lipinski definition) is 5. The molecule has 0 unspecified atom stereocenters. The lowest BCUT2D eigenvalue weighted by Crippen LogP contribution is -2.59. The van der Waals surface area contributed by atoms with Crippen molar-refractivity contribution in [2.75, 3.05) is 20.8 Å². The van der Waals surface area contributed by atoms with Gasteiger partial charge >= 0.3 is 0 Å². The summed E-state index contributed by atoms with van der Waals surface area (Å²) in [4.78, 5) is 13.0. The van der Waals surface area contributed by atoms with Crippen LogP contribution in [0.15, 0.2) is 12.7 Å². The van der Waals surface area contributed by atoms with E-state index in [0.717, 1.165) is 0 Å². The normalized spacial score (nSPS) is 44.3. The zero-order valence-corrected chi connectivity index (χ0v) is 15.5. The average molecular weight is 428 g/mol. The second kappa shape index (κ2) is 5.39. The second-order valence-electron chi connectivity index (χ2n) is 5.37. The Morgan fingerprint density at radius 1 is 1.43 bits per heavy atom. The van der Waals surface area contributed by atoms with E-state index in [1.165, 1.54) is 20.3 Å². The number of hydrogen-bond donors (Lipinski definition) is 1. The Labute approximate surface area is 141 Å².